The van der Waals surface area contributed by atoms with Crippen molar-refractivity contribution in [2.24, 2.45) is 0 Å². The van der Waals surface area contributed by atoms with Crippen LogP contribution in [0.1, 0.15) is 52.4 Å². The Morgan fingerprint density at radius 1 is 1.19 bits per heavy atom. The van der Waals surface area contributed by atoms with Crippen molar-refractivity contribution in [3.8, 4) is 0 Å². The predicted octanol–water partition coefficient (Wildman–Crippen LogP) is 2.00. The van der Waals surface area contributed by atoms with E-state index in [1.807, 2.05) is 13.8 Å². The molecule has 0 unspecified atom stereocenters. The molecule has 150 valence electrons. The third-order valence-electron chi connectivity index (χ3n) is 4.51. The summed E-state index contributed by atoms with van der Waals surface area (Å²) in [6.45, 7) is 6.76. The summed E-state index contributed by atoms with van der Waals surface area (Å²) in [7, 11) is -2.45. The summed E-state index contributed by atoms with van der Waals surface area (Å²) < 4.78 is 11.6. The van der Waals surface area contributed by atoms with Gasteiger partial charge in [0.25, 0.3) is 0 Å². The van der Waals surface area contributed by atoms with Crippen LogP contribution in [0.4, 0.5) is 0 Å². The lowest BCUT2D eigenvalue weighted by atomic mass is 10.2. The number of rotatable bonds is 13. The van der Waals surface area contributed by atoms with Gasteiger partial charge in [0, 0.05) is 45.2 Å². The minimum atomic E-state index is -2.45. The number of nitrogens with one attached hydrogen (secondary N) is 1. The Labute approximate surface area is 158 Å². The zero-order chi connectivity index (χ0) is 19.3. The molecule has 1 heterocycles. The van der Waals surface area contributed by atoms with Crippen molar-refractivity contribution in [3.05, 3.63) is 0 Å². The highest BCUT2D eigenvalue weighted by molar-refractivity contribution is 6.69. The van der Waals surface area contributed by atoms with Crippen LogP contribution in [0.3, 0.4) is 0 Å². The topological polar surface area (TPSA) is 84.9 Å². The molecule has 1 aliphatic rings. The van der Waals surface area contributed by atoms with Gasteiger partial charge in [-0.2, -0.15) is 0 Å². The van der Waals surface area contributed by atoms with Crippen LogP contribution >= 0.6 is 0 Å². The average Bonchev–Trinajstić information content (AvgIpc) is 2.83. The van der Waals surface area contributed by atoms with Crippen LogP contribution < -0.4 is 5.32 Å². The maximum absolute atomic E-state index is 12.2. The zero-order valence-corrected chi connectivity index (χ0v) is 17.3. The maximum Gasteiger partial charge on any atom is 0.345 e. The number of imide groups is 1. The minimum absolute atomic E-state index is 0.0365. The third kappa shape index (κ3) is 8.07. The van der Waals surface area contributed by atoms with E-state index in [1.54, 1.807) is 0 Å². The summed E-state index contributed by atoms with van der Waals surface area (Å²) in [6.07, 6.45) is 5.34. The van der Waals surface area contributed by atoms with E-state index in [1.165, 1.54) is 4.90 Å². The quantitative estimate of drug-likeness (QED) is 0.296. The van der Waals surface area contributed by atoms with Gasteiger partial charge in [0.2, 0.25) is 11.8 Å². The Hall–Kier alpha value is -1.09. The van der Waals surface area contributed by atoms with Crippen LogP contribution in [0.15, 0.2) is 0 Å². The Bertz CT molecular complexity index is 441. The second-order valence-corrected chi connectivity index (χ2v) is 9.81. The van der Waals surface area contributed by atoms with E-state index in [0.29, 0.717) is 45.2 Å². The number of nitrogens with zero attached hydrogens (tertiary/aromatic N) is 1. The van der Waals surface area contributed by atoms with Crippen LogP contribution in [0.2, 0.25) is 12.1 Å². The molecule has 0 radical (unpaired) electrons. The Kier molecular flexibility index (Phi) is 11.6. The van der Waals surface area contributed by atoms with E-state index in [-0.39, 0.29) is 11.8 Å². The summed E-state index contributed by atoms with van der Waals surface area (Å²) in [5.74, 6) is -0.122. The van der Waals surface area contributed by atoms with E-state index in [9.17, 15) is 14.4 Å². The fourth-order valence-electron chi connectivity index (χ4n) is 3.24. The predicted molar refractivity (Wildman–Crippen MR) is 102 cm³/mol. The first-order valence-electron chi connectivity index (χ1n) is 9.84. The first kappa shape index (κ1) is 22.9. The van der Waals surface area contributed by atoms with Crippen LogP contribution in [0.25, 0.3) is 0 Å². The lowest BCUT2D eigenvalue weighted by Crippen LogP contribution is -2.43. The molecule has 0 saturated carbocycles. The number of aldehydes is 1. The normalized spacial score (nSPS) is 15.8. The van der Waals surface area contributed by atoms with E-state index >= 15 is 0 Å². The van der Waals surface area contributed by atoms with Gasteiger partial charge in [-0.25, -0.2) is 0 Å². The molecule has 7 nitrogen and oxygen atoms in total. The number of hydrogen-bond donors (Lipinski definition) is 1. The summed E-state index contributed by atoms with van der Waals surface area (Å²) >= 11 is 0. The third-order valence-corrected chi connectivity index (χ3v) is 8.04. The van der Waals surface area contributed by atoms with E-state index in [0.717, 1.165) is 44.6 Å². The lowest BCUT2D eigenvalue weighted by molar-refractivity contribution is -0.144. The molecule has 0 aromatic carbocycles. The van der Waals surface area contributed by atoms with Crippen LogP contribution in [0, 0.1) is 0 Å². The number of carbonyl (C=O) groups excluding carboxylic acids is 3. The fourth-order valence-corrected chi connectivity index (χ4v) is 6.08. The molecule has 0 spiro atoms. The maximum atomic E-state index is 12.2. The van der Waals surface area contributed by atoms with Crippen molar-refractivity contribution in [2.45, 2.75) is 64.5 Å². The van der Waals surface area contributed by atoms with E-state index < -0.39 is 8.56 Å². The van der Waals surface area contributed by atoms with Crippen molar-refractivity contribution in [2.75, 3.05) is 32.8 Å². The highest BCUT2D eigenvalue weighted by Crippen LogP contribution is 2.20. The van der Waals surface area contributed by atoms with Crippen LogP contribution in [0.5, 0.6) is 0 Å². The molecular weight excluding hydrogens is 352 g/mol. The molecule has 1 rings (SSSR count). The molecule has 0 aromatic rings. The summed E-state index contributed by atoms with van der Waals surface area (Å²) in [6, 6.07) is 1.10. The Morgan fingerprint density at radius 3 is 2.58 bits per heavy atom. The van der Waals surface area contributed by atoms with Gasteiger partial charge in [0.05, 0.1) is 0 Å². The monoisotopic (exact) mass is 386 g/mol. The van der Waals surface area contributed by atoms with Crippen LogP contribution in [-0.2, 0) is 23.2 Å². The minimum Gasteiger partial charge on any atom is -0.394 e. The van der Waals surface area contributed by atoms with Crippen molar-refractivity contribution in [1.82, 2.24) is 10.2 Å². The first-order chi connectivity index (χ1) is 12.6. The Balaban J connectivity index is 2.28. The highest BCUT2D eigenvalue weighted by Gasteiger charge is 2.36. The molecule has 1 saturated heterocycles. The molecule has 1 N–H and O–H groups in total. The van der Waals surface area contributed by atoms with Gasteiger partial charge >= 0.3 is 8.56 Å². The largest absolute Gasteiger partial charge is 0.394 e. The van der Waals surface area contributed by atoms with E-state index in [4.69, 9.17) is 8.85 Å². The molecule has 0 aromatic heterocycles. The molecule has 0 aliphatic carbocycles. The lowest BCUT2D eigenvalue weighted by Gasteiger charge is -2.28. The number of carbonyl (C=O) groups is 3. The second-order valence-electron chi connectivity index (χ2n) is 6.50. The van der Waals surface area contributed by atoms with Gasteiger partial charge < -0.3 is 19.0 Å². The SMILES string of the molecule is CCO[Si](CC=O)(CCCNCCC(=O)N1CCCCCC1=O)OCC. The molecule has 1 fully saturated rings. The van der Waals surface area contributed by atoms with Gasteiger partial charge in [0.1, 0.15) is 6.29 Å². The van der Waals surface area contributed by atoms with E-state index in [2.05, 4.69) is 5.32 Å². The zero-order valence-electron chi connectivity index (χ0n) is 16.3. The van der Waals surface area contributed by atoms with Gasteiger partial charge in [-0.3, -0.25) is 14.5 Å². The second kappa shape index (κ2) is 13.1. The molecule has 8 heteroatoms. The Morgan fingerprint density at radius 2 is 1.92 bits per heavy atom. The summed E-state index contributed by atoms with van der Waals surface area (Å²) in [5, 5.41) is 3.25. The number of amides is 2. The molecule has 1 aliphatic heterocycles. The van der Waals surface area contributed by atoms with Crippen LogP contribution in [-0.4, -0.2) is 64.4 Å². The number of hydrogen-bond acceptors (Lipinski definition) is 6. The molecular formula is C18H34N2O5Si. The molecule has 0 atom stereocenters. The van der Waals surface area contributed by atoms with Crippen molar-refractivity contribution in [1.29, 1.82) is 0 Å². The van der Waals surface area contributed by atoms with Gasteiger partial charge in [0.15, 0.2) is 0 Å². The van der Waals surface area contributed by atoms with Gasteiger partial charge in [-0.05, 0) is 45.7 Å². The molecule has 0 bridgehead atoms. The van der Waals surface area contributed by atoms with Crippen molar-refractivity contribution >= 4 is 26.7 Å². The smallest absolute Gasteiger partial charge is 0.345 e. The molecule has 26 heavy (non-hydrogen) atoms. The van der Waals surface area contributed by atoms with Gasteiger partial charge in [-0.1, -0.05) is 6.42 Å². The summed E-state index contributed by atoms with van der Waals surface area (Å²) in [5.41, 5.74) is 0. The molecule has 2 amide bonds. The van der Waals surface area contributed by atoms with Gasteiger partial charge in [-0.15, -0.1) is 0 Å². The summed E-state index contributed by atoms with van der Waals surface area (Å²) in [4.78, 5) is 36.5. The van der Waals surface area contributed by atoms with Crippen molar-refractivity contribution in [3.63, 3.8) is 0 Å². The number of likely N-dealkylation sites (tertiary alicyclic amines) is 1. The first-order valence-corrected chi connectivity index (χ1v) is 12.1. The highest BCUT2D eigenvalue weighted by atomic mass is 28.4. The standard InChI is InChI=1S/C18H34N2O5Si/c1-3-24-26(16-14-21,25-4-2)15-8-11-19-12-10-18(23)20-13-7-5-6-9-17(20)22/h14,19H,3-13,15-16H2,1-2H3. The fraction of sp³-hybridized carbons (Fsp3) is 0.833. The van der Waals surface area contributed by atoms with Crippen molar-refractivity contribution < 1.29 is 23.2 Å². The average molecular weight is 387 g/mol.